The van der Waals surface area contributed by atoms with E-state index in [1.54, 1.807) is 0 Å². The van der Waals surface area contributed by atoms with Crippen LogP contribution in [0.4, 0.5) is 5.69 Å². The van der Waals surface area contributed by atoms with Crippen molar-refractivity contribution in [1.82, 2.24) is 0 Å². The summed E-state index contributed by atoms with van der Waals surface area (Å²) in [6, 6.07) is 12.6. The van der Waals surface area contributed by atoms with Gasteiger partial charge in [0.25, 0.3) is 0 Å². The standard InChI is InChI=1S/C28H41NO2/c1-19-12-14-23(15-13-19)29-20(2)21-16-22(18-26(3,4)5)25(31-28(9,10)11)24(17-21)30-27(6,7)8/h12-17,29H,2,18H2,1,3-11H3. The Labute approximate surface area is 189 Å². The highest BCUT2D eigenvalue weighted by Gasteiger charge is 2.26. The van der Waals surface area contributed by atoms with Crippen molar-refractivity contribution in [3.8, 4) is 11.5 Å². The average Bonchev–Trinajstić information content (AvgIpc) is 2.56. The van der Waals surface area contributed by atoms with Crippen LogP contribution in [0.25, 0.3) is 5.70 Å². The van der Waals surface area contributed by atoms with Gasteiger partial charge in [-0.1, -0.05) is 45.0 Å². The van der Waals surface area contributed by atoms with E-state index >= 15 is 0 Å². The second-order valence-corrected chi connectivity index (χ2v) is 11.6. The number of aryl methyl sites for hydroxylation is 1. The van der Waals surface area contributed by atoms with Gasteiger partial charge in [0.15, 0.2) is 11.5 Å². The number of hydrogen-bond acceptors (Lipinski definition) is 3. The largest absolute Gasteiger partial charge is 0.484 e. The van der Waals surface area contributed by atoms with E-state index in [1.807, 2.05) is 6.07 Å². The smallest absolute Gasteiger partial charge is 0.165 e. The molecule has 0 saturated heterocycles. The third-order valence-electron chi connectivity index (χ3n) is 4.37. The Morgan fingerprint density at radius 2 is 1.39 bits per heavy atom. The van der Waals surface area contributed by atoms with Gasteiger partial charge in [0, 0.05) is 16.9 Å². The Bertz CT molecular complexity index is 867. The first kappa shape index (κ1) is 24.8. The molecule has 2 aromatic rings. The molecule has 0 heterocycles. The highest BCUT2D eigenvalue weighted by atomic mass is 16.5. The number of hydrogen-bond donors (Lipinski definition) is 1. The molecular weight excluding hydrogens is 382 g/mol. The van der Waals surface area contributed by atoms with Gasteiger partial charge in [-0.05, 0) is 90.1 Å². The van der Waals surface area contributed by atoms with E-state index in [-0.39, 0.29) is 16.6 Å². The third kappa shape index (κ3) is 8.32. The Morgan fingerprint density at radius 1 is 0.839 bits per heavy atom. The Balaban J connectivity index is 2.57. The first-order chi connectivity index (χ1) is 14.0. The Morgan fingerprint density at radius 3 is 1.87 bits per heavy atom. The van der Waals surface area contributed by atoms with E-state index in [4.69, 9.17) is 9.47 Å². The van der Waals surface area contributed by atoms with Crippen molar-refractivity contribution in [3.05, 3.63) is 59.7 Å². The second-order valence-electron chi connectivity index (χ2n) is 11.6. The van der Waals surface area contributed by atoms with Crippen molar-refractivity contribution >= 4 is 11.4 Å². The van der Waals surface area contributed by atoms with E-state index in [0.717, 1.165) is 40.4 Å². The van der Waals surface area contributed by atoms with E-state index in [9.17, 15) is 0 Å². The summed E-state index contributed by atoms with van der Waals surface area (Å²) in [4.78, 5) is 0. The molecule has 0 fully saturated rings. The predicted octanol–water partition coefficient (Wildman–Crippen LogP) is 8.02. The molecule has 170 valence electrons. The van der Waals surface area contributed by atoms with E-state index in [1.165, 1.54) is 5.56 Å². The SMILES string of the molecule is C=C(Nc1ccc(C)cc1)c1cc(CC(C)(C)C)c(OC(C)(C)C)c(OC(C)(C)C)c1. The molecule has 0 saturated carbocycles. The molecule has 0 atom stereocenters. The zero-order chi connectivity index (χ0) is 23.6. The van der Waals surface area contributed by atoms with Gasteiger partial charge in [0.2, 0.25) is 0 Å². The maximum Gasteiger partial charge on any atom is 0.165 e. The zero-order valence-electron chi connectivity index (χ0n) is 21.2. The molecule has 0 bridgehead atoms. The molecule has 0 aliphatic rings. The van der Waals surface area contributed by atoms with Crippen LogP contribution >= 0.6 is 0 Å². The molecule has 3 nitrogen and oxygen atoms in total. The summed E-state index contributed by atoms with van der Waals surface area (Å²) in [5, 5.41) is 3.44. The highest BCUT2D eigenvalue weighted by molar-refractivity contribution is 5.77. The van der Waals surface area contributed by atoms with Crippen molar-refractivity contribution in [2.24, 2.45) is 5.41 Å². The number of rotatable bonds is 6. The summed E-state index contributed by atoms with van der Waals surface area (Å²) in [6.07, 6.45) is 0.866. The van der Waals surface area contributed by atoms with Gasteiger partial charge in [-0.15, -0.1) is 0 Å². The van der Waals surface area contributed by atoms with Gasteiger partial charge in [-0.2, -0.15) is 0 Å². The fourth-order valence-corrected chi connectivity index (χ4v) is 3.25. The predicted molar refractivity (Wildman–Crippen MR) is 134 cm³/mol. The van der Waals surface area contributed by atoms with Gasteiger partial charge in [-0.25, -0.2) is 0 Å². The molecule has 2 rings (SSSR count). The van der Waals surface area contributed by atoms with Crippen LogP contribution in [0.15, 0.2) is 43.0 Å². The van der Waals surface area contributed by atoms with Gasteiger partial charge >= 0.3 is 0 Å². The summed E-state index contributed by atoms with van der Waals surface area (Å²) >= 11 is 0. The second kappa shape index (κ2) is 8.98. The molecule has 0 amide bonds. The van der Waals surface area contributed by atoms with Crippen molar-refractivity contribution in [2.45, 2.75) is 86.9 Å². The molecule has 0 radical (unpaired) electrons. The van der Waals surface area contributed by atoms with Gasteiger partial charge < -0.3 is 14.8 Å². The van der Waals surface area contributed by atoms with Crippen LogP contribution in [0.1, 0.15) is 79.0 Å². The van der Waals surface area contributed by atoms with Crippen molar-refractivity contribution in [2.75, 3.05) is 5.32 Å². The lowest BCUT2D eigenvalue weighted by Crippen LogP contribution is -2.27. The lowest BCUT2D eigenvalue weighted by Gasteiger charge is -2.31. The molecule has 0 aromatic heterocycles. The van der Waals surface area contributed by atoms with E-state index in [0.29, 0.717) is 0 Å². The maximum atomic E-state index is 6.45. The van der Waals surface area contributed by atoms with Crippen molar-refractivity contribution in [3.63, 3.8) is 0 Å². The number of anilines is 1. The van der Waals surface area contributed by atoms with Gasteiger partial charge in [-0.3, -0.25) is 0 Å². The van der Waals surface area contributed by atoms with Crippen LogP contribution in [0, 0.1) is 12.3 Å². The summed E-state index contributed by atoms with van der Waals surface area (Å²) in [5.41, 5.74) is 4.63. The summed E-state index contributed by atoms with van der Waals surface area (Å²) in [7, 11) is 0. The van der Waals surface area contributed by atoms with Gasteiger partial charge in [0.1, 0.15) is 11.2 Å². The lowest BCUT2D eigenvalue weighted by atomic mass is 9.86. The number of nitrogens with one attached hydrogen (secondary N) is 1. The first-order valence-electron chi connectivity index (χ1n) is 11.1. The number of ether oxygens (including phenoxy) is 2. The van der Waals surface area contributed by atoms with Gasteiger partial charge in [0.05, 0.1) is 0 Å². The minimum absolute atomic E-state index is 0.0966. The molecule has 0 spiro atoms. The molecule has 0 aliphatic carbocycles. The molecule has 0 aliphatic heterocycles. The third-order valence-corrected chi connectivity index (χ3v) is 4.37. The molecule has 1 N–H and O–H groups in total. The fourth-order valence-electron chi connectivity index (χ4n) is 3.25. The summed E-state index contributed by atoms with van der Waals surface area (Å²) < 4.78 is 12.8. The quantitative estimate of drug-likeness (QED) is 0.510. The van der Waals surface area contributed by atoms with Crippen LogP contribution < -0.4 is 14.8 Å². The Hall–Kier alpha value is -2.42. The molecule has 0 unspecified atom stereocenters. The van der Waals surface area contributed by atoms with E-state index in [2.05, 4.69) is 111 Å². The van der Waals surface area contributed by atoms with Crippen LogP contribution in [-0.4, -0.2) is 11.2 Å². The van der Waals surface area contributed by atoms with Crippen LogP contribution in [0.3, 0.4) is 0 Å². The van der Waals surface area contributed by atoms with Crippen molar-refractivity contribution < 1.29 is 9.47 Å². The normalized spacial score (nSPS) is 12.5. The number of benzene rings is 2. The monoisotopic (exact) mass is 423 g/mol. The Kier molecular flexibility index (Phi) is 7.20. The summed E-state index contributed by atoms with van der Waals surface area (Å²) in [6.45, 7) is 25.5. The van der Waals surface area contributed by atoms with Crippen LogP contribution in [-0.2, 0) is 6.42 Å². The van der Waals surface area contributed by atoms with Crippen molar-refractivity contribution in [1.29, 1.82) is 0 Å². The fraction of sp³-hybridized carbons (Fsp3) is 0.500. The van der Waals surface area contributed by atoms with E-state index < -0.39 is 0 Å². The molecular formula is C28H41NO2. The zero-order valence-corrected chi connectivity index (χ0v) is 21.2. The van der Waals surface area contributed by atoms with Crippen LogP contribution in [0.2, 0.25) is 0 Å². The van der Waals surface area contributed by atoms with Crippen LogP contribution in [0.5, 0.6) is 11.5 Å². The first-order valence-corrected chi connectivity index (χ1v) is 11.1. The average molecular weight is 424 g/mol. The molecule has 3 heteroatoms. The maximum absolute atomic E-state index is 6.45. The lowest BCUT2D eigenvalue weighted by molar-refractivity contribution is 0.0941. The summed E-state index contributed by atoms with van der Waals surface area (Å²) in [5.74, 6) is 1.58. The minimum Gasteiger partial charge on any atom is -0.484 e. The minimum atomic E-state index is -0.348. The molecule has 31 heavy (non-hydrogen) atoms. The highest BCUT2D eigenvalue weighted by Crippen LogP contribution is 2.41. The topological polar surface area (TPSA) is 30.5 Å². The molecule has 2 aromatic carbocycles.